The highest BCUT2D eigenvalue weighted by Gasteiger charge is 2.08. The normalized spacial score (nSPS) is 10.2. The molecule has 0 aliphatic rings. The summed E-state index contributed by atoms with van der Waals surface area (Å²) in [6.07, 6.45) is 0. The van der Waals surface area contributed by atoms with Crippen molar-refractivity contribution < 1.29 is 9.53 Å². The minimum atomic E-state index is -0.236. The van der Waals surface area contributed by atoms with Crippen LogP contribution in [0.3, 0.4) is 0 Å². The molecule has 0 aliphatic heterocycles. The van der Waals surface area contributed by atoms with Crippen molar-refractivity contribution in [2.24, 2.45) is 5.73 Å². The van der Waals surface area contributed by atoms with Crippen LogP contribution in [-0.4, -0.2) is 19.1 Å². The average molecular weight is 370 g/mol. The summed E-state index contributed by atoms with van der Waals surface area (Å²) in [4.78, 5) is 12.2. The molecule has 0 aromatic heterocycles. The maximum atomic E-state index is 12.2. The Hall–Kier alpha value is -1.56. The minimum absolute atomic E-state index is 0.236. The molecule has 21 heavy (non-hydrogen) atoms. The van der Waals surface area contributed by atoms with Crippen molar-refractivity contribution in [3.63, 3.8) is 0 Å². The van der Waals surface area contributed by atoms with E-state index in [9.17, 15) is 4.79 Å². The molecule has 0 aliphatic carbocycles. The molecule has 6 heteroatoms. The van der Waals surface area contributed by atoms with Crippen molar-refractivity contribution in [3.05, 3.63) is 57.5 Å². The Labute approximate surface area is 136 Å². The second-order valence-corrected chi connectivity index (χ2v) is 5.51. The molecule has 0 unspecified atom stereocenters. The van der Waals surface area contributed by atoms with Gasteiger partial charge in [-0.3, -0.25) is 4.79 Å². The first-order valence-corrected chi connectivity index (χ1v) is 7.46. The van der Waals surface area contributed by atoms with Crippen molar-refractivity contribution >= 4 is 39.1 Å². The van der Waals surface area contributed by atoms with E-state index in [1.165, 1.54) is 0 Å². The van der Waals surface area contributed by atoms with E-state index in [2.05, 4.69) is 21.2 Å². The van der Waals surface area contributed by atoms with Crippen LogP contribution in [0.2, 0.25) is 5.02 Å². The number of carbonyl (C=O) groups is 1. The molecule has 0 bridgehead atoms. The molecule has 0 heterocycles. The lowest BCUT2D eigenvalue weighted by molar-refractivity contribution is 0.102. The van der Waals surface area contributed by atoms with Crippen LogP contribution < -0.4 is 15.8 Å². The third-order valence-corrected chi connectivity index (χ3v) is 3.89. The van der Waals surface area contributed by atoms with E-state index < -0.39 is 0 Å². The number of nitrogens with one attached hydrogen (secondary N) is 1. The molecule has 2 rings (SSSR count). The van der Waals surface area contributed by atoms with Gasteiger partial charge in [0.2, 0.25) is 0 Å². The van der Waals surface area contributed by atoms with Crippen molar-refractivity contribution in [1.82, 2.24) is 0 Å². The molecule has 0 fully saturated rings. The van der Waals surface area contributed by atoms with Crippen molar-refractivity contribution in [2.45, 2.75) is 0 Å². The summed E-state index contributed by atoms with van der Waals surface area (Å²) < 4.78 is 6.16. The smallest absolute Gasteiger partial charge is 0.255 e. The van der Waals surface area contributed by atoms with Gasteiger partial charge in [0.1, 0.15) is 12.4 Å². The maximum absolute atomic E-state index is 12.2. The molecule has 4 nitrogen and oxygen atoms in total. The summed E-state index contributed by atoms with van der Waals surface area (Å²) in [5, 5.41) is 3.29. The predicted octanol–water partition coefficient (Wildman–Crippen LogP) is 3.69. The van der Waals surface area contributed by atoms with Crippen molar-refractivity contribution in [3.8, 4) is 5.75 Å². The van der Waals surface area contributed by atoms with Crippen molar-refractivity contribution in [2.75, 3.05) is 18.5 Å². The summed E-state index contributed by atoms with van der Waals surface area (Å²) in [5.74, 6) is 0.424. The number of amides is 1. The van der Waals surface area contributed by atoms with Crippen LogP contribution in [0, 0.1) is 0 Å². The van der Waals surface area contributed by atoms with Gasteiger partial charge in [0.05, 0.1) is 5.02 Å². The van der Waals surface area contributed by atoms with Gasteiger partial charge < -0.3 is 15.8 Å². The highest BCUT2D eigenvalue weighted by atomic mass is 79.9. The Bertz CT molecular complexity index is 649. The van der Waals surface area contributed by atoms with Gasteiger partial charge in [-0.25, -0.2) is 0 Å². The highest BCUT2D eigenvalue weighted by molar-refractivity contribution is 9.10. The van der Waals surface area contributed by atoms with E-state index in [1.54, 1.807) is 36.4 Å². The number of ether oxygens (including phenoxy) is 1. The molecular weight excluding hydrogens is 356 g/mol. The summed E-state index contributed by atoms with van der Waals surface area (Å²) in [7, 11) is 0. The third-order valence-electron chi connectivity index (χ3n) is 2.66. The van der Waals surface area contributed by atoms with E-state index in [4.69, 9.17) is 22.1 Å². The first kappa shape index (κ1) is 15.8. The van der Waals surface area contributed by atoms with Gasteiger partial charge >= 0.3 is 0 Å². The largest absolute Gasteiger partial charge is 0.492 e. The predicted molar refractivity (Wildman–Crippen MR) is 88.1 cm³/mol. The van der Waals surface area contributed by atoms with Gasteiger partial charge in [0.25, 0.3) is 5.91 Å². The van der Waals surface area contributed by atoms with Crippen LogP contribution in [0.4, 0.5) is 5.69 Å². The Morgan fingerprint density at radius 2 is 2.10 bits per heavy atom. The lowest BCUT2D eigenvalue weighted by atomic mass is 10.2. The molecule has 2 aromatic rings. The summed E-state index contributed by atoms with van der Waals surface area (Å²) in [5.41, 5.74) is 6.52. The van der Waals surface area contributed by atoms with E-state index in [-0.39, 0.29) is 5.91 Å². The van der Waals surface area contributed by atoms with Gasteiger partial charge in [-0.2, -0.15) is 0 Å². The van der Waals surface area contributed by atoms with E-state index in [0.29, 0.717) is 35.2 Å². The SMILES string of the molecule is NCCOc1cccc(NC(=O)c2ccc(Br)c(Cl)c2)c1. The van der Waals surface area contributed by atoms with Gasteiger partial charge in [-0.1, -0.05) is 17.7 Å². The third kappa shape index (κ3) is 4.46. The second kappa shape index (κ2) is 7.45. The first-order chi connectivity index (χ1) is 10.1. The number of rotatable bonds is 5. The van der Waals surface area contributed by atoms with Gasteiger partial charge in [0.15, 0.2) is 0 Å². The fraction of sp³-hybridized carbons (Fsp3) is 0.133. The second-order valence-electron chi connectivity index (χ2n) is 4.25. The van der Waals surface area contributed by atoms with Crippen LogP contribution in [0.1, 0.15) is 10.4 Å². The number of benzene rings is 2. The fourth-order valence-corrected chi connectivity index (χ4v) is 2.11. The zero-order valence-electron chi connectivity index (χ0n) is 11.1. The highest BCUT2D eigenvalue weighted by Crippen LogP contribution is 2.24. The lowest BCUT2D eigenvalue weighted by Gasteiger charge is -2.09. The molecule has 110 valence electrons. The molecule has 0 saturated carbocycles. The van der Waals surface area contributed by atoms with E-state index in [0.717, 1.165) is 4.47 Å². The summed E-state index contributed by atoms with van der Waals surface area (Å²) >= 11 is 9.27. The number of hydrogen-bond acceptors (Lipinski definition) is 3. The summed E-state index contributed by atoms with van der Waals surface area (Å²) in [6, 6.07) is 12.2. The standard InChI is InChI=1S/C15H14BrClN2O2/c16-13-5-4-10(8-14(13)17)15(20)19-11-2-1-3-12(9-11)21-7-6-18/h1-5,8-9H,6-7,18H2,(H,19,20). The Morgan fingerprint density at radius 1 is 1.29 bits per heavy atom. The van der Waals surface area contributed by atoms with E-state index >= 15 is 0 Å². The average Bonchev–Trinajstić information content (AvgIpc) is 2.48. The van der Waals surface area contributed by atoms with Crippen LogP contribution >= 0.6 is 27.5 Å². The number of hydrogen-bond donors (Lipinski definition) is 2. The van der Waals surface area contributed by atoms with Gasteiger partial charge in [0, 0.05) is 28.3 Å². The molecule has 0 atom stereocenters. The zero-order chi connectivity index (χ0) is 15.2. The molecule has 1 amide bonds. The molecule has 0 spiro atoms. The zero-order valence-corrected chi connectivity index (χ0v) is 13.4. The topological polar surface area (TPSA) is 64.3 Å². The van der Waals surface area contributed by atoms with Gasteiger partial charge in [-0.15, -0.1) is 0 Å². The Morgan fingerprint density at radius 3 is 2.81 bits per heavy atom. The number of halogens is 2. The monoisotopic (exact) mass is 368 g/mol. The first-order valence-electron chi connectivity index (χ1n) is 6.29. The number of anilines is 1. The quantitative estimate of drug-likeness (QED) is 0.845. The number of carbonyl (C=O) groups excluding carboxylic acids is 1. The molecule has 3 N–H and O–H groups in total. The molecule has 0 saturated heterocycles. The van der Waals surface area contributed by atoms with Crippen LogP contribution in [0.15, 0.2) is 46.9 Å². The van der Waals surface area contributed by atoms with Crippen LogP contribution in [0.25, 0.3) is 0 Å². The Kier molecular flexibility index (Phi) is 5.61. The minimum Gasteiger partial charge on any atom is -0.492 e. The van der Waals surface area contributed by atoms with Crippen LogP contribution in [-0.2, 0) is 0 Å². The van der Waals surface area contributed by atoms with Crippen LogP contribution in [0.5, 0.6) is 5.75 Å². The number of nitrogens with two attached hydrogens (primary N) is 1. The molecule has 2 aromatic carbocycles. The van der Waals surface area contributed by atoms with Crippen molar-refractivity contribution in [1.29, 1.82) is 0 Å². The Balaban J connectivity index is 2.10. The molecular formula is C15H14BrClN2O2. The fourth-order valence-electron chi connectivity index (χ4n) is 1.68. The lowest BCUT2D eigenvalue weighted by Crippen LogP contribution is -2.13. The summed E-state index contributed by atoms with van der Waals surface area (Å²) in [6.45, 7) is 0.869. The van der Waals surface area contributed by atoms with E-state index in [1.807, 2.05) is 6.07 Å². The molecule has 0 radical (unpaired) electrons. The maximum Gasteiger partial charge on any atom is 0.255 e. The van der Waals surface area contributed by atoms with Gasteiger partial charge in [-0.05, 0) is 46.3 Å².